The van der Waals surface area contributed by atoms with E-state index in [9.17, 15) is 9.59 Å². The highest BCUT2D eigenvalue weighted by molar-refractivity contribution is 6.04. The Morgan fingerprint density at radius 3 is 2.80 bits per heavy atom. The Bertz CT molecular complexity index is 1020. The van der Waals surface area contributed by atoms with Gasteiger partial charge in [0, 0.05) is 37.9 Å². The number of carbonyl (C=O) groups excluding carboxylic acids is 2. The van der Waals surface area contributed by atoms with E-state index in [2.05, 4.69) is 25.5 Å². The van der Waals surface area contributed by atoms with Crippen LogP contribution in [0.5, 0.6) is 0 Å². The molecule has 3 aromatic heterocycles. The van der Waals surface area contributed by atoms with Crippen LogP contribution >= 0.6 is 0 Å². The summed E-state index contributed by atoms with van der Waals surface area (Å²) in [5.74, 6) is 0.324. The lowest BCUT2D eigenvalue weighted by molar-refractivity contribution is -0.136. The fourth-order valence-corrected chi connectivity index (χ4v) is 3.57. The summed E-state index contributed by atoms with van der Waals surface area (Å²) in [6.45, 7) is 0.0947. The number of imidazole rings is 1. The second kappa shape index (κ2) is 8.62. The molecule has 1 aliphatic rings. The van der Waals surface area contributed by atoms with Gasteiger partial charge >= 0.3 is 0 Å². The average molecular weight is 411 g/mol. The summed E-state index contributed by atoms with van der Waals surface area (Å²) in [5, 5.41) is 10.8. The molecule has 1 aliphatic carbocycles. The summed E-state index contributed by atoms with van der Waals surface area (Å²) in [6.07, 6.45) is 9.97. The number of rotatable bonds is 6. The SMILES string of the molecule is CN(C)C(=O)CO[C@H]1CC[C@H](NC(=O)c2nc(-n3ccnc3)cc3cn[nH]c23)CC1. The van der Waals surface area contributed by atoms with Crippen molar-refractivity contribution in [1.29, 1.82) is 0 Å². The second-order valence-electron chi connectivity index (χ2n) is 7.68. The Hall–Kier alpha value is -3.27. The average Bonchev–Trinajstić information content (AvgIpc) is 3.43. The molecule has 0 spiro atoms. The number of hydrogen-bond acceptors (Lipinski definition) is 6. The summed E-state index contributed by atoms with van der Waals surface area (Å²) < 4.78 is 7.46. The first-order valence-corrected chi connectivity index (χ1v) is 9.96. The van der Waals surface area contributed by atoms with Gasteiger partial charge in [-0.25, -0.2) is 9.97 Å². The van der Waals surface area contributed by atoms with Crippen molar-refractivity contribution in [3.63, 3.8) is 0 Å². The molecule has 0 radical (unpaired) electrons. The van der Waals surface area contributed by atoms with Crippen LogP contribution in [-0.4, -0.2) is 74.3 Å². The molecule has 3 aromatic rings. The van der Waals surface area contributed by atoms with Crippen molar-refractivity contribution < 1.29 is 14.3 Å². The van der Waals surface area contributed by atoms with Gasteiger partial charge in [0.2, 0.25) is 5.91 Å². The van der Waals surface area contributed by atoms with Crippen LogP contribution in [-0.2, 0) is 9.53 Å². The quantitative estimate of drug-likeness (QED) is 0.631. The van der Waals surface area contributed by atoms with Gasteiger partial charge in [0.25, 0.3) is 5.91 Å². The molecule has 2 amide bonds. The van der Waals surface area contributed by atoms with E-state index in [1.165, 1.54) is 4.90 Å². The van der Waals surface area contributed by atoms with E-state index in [0.717, 1.165) is 31.1 Å². The van der Waals surface area contributed by atoms with Crippen LogP contribution < -0.4 is 5.32 Å². The van der Waals surface area contributed by atoms with E-state index in [0.29, 0.717) is 17.0 Å². The maximum absolute atomic E-state index is 13.0. The molecule has 0 unspecified atom stereocenters. The molecule has 10 heteroatoms. The number of ether oxygens (including phenoxy) is 1. The lowest BCUT2D eigenvalue weighted by Crippen LogP contribution is -2.40. The predicted molar refractivity (Wildman–Crippen MR) is 109 cm³/mol. The normalized spacial score (nSPS) is 19.0. The minimum absolute atomic E-state index is 0.0403. The topological polar surface area (TPSA) is 118 Å². The molecular formula is C20H25N7O3. The van der Waals surface area contributed by atoms with Gasteiger partial charge in [-0.1, -0.05) is 0 Å². The molecule has 0 atom stereocenters. The van der Waals surface area contributed by atoms with Gasteiger partial charge in [0.15, 0.2) is 5.69 Å². The smallest absolute Gasteiger partial charge is 0.272 e. The van der Waals surface area contributed by atoms with Crippen molar-refractivity contribution >= 4 is 22.7 Å². The summed E-state index contributed by atoms with van der Waals surface area (Å²) in [4.78, 5) is 34.8. The summed E-state index contributed by atoms with van der Waals surface area (Å²) in [5.41, 5.74) is 0.916. The zero-order valence-corrected chi connectivity index (χ0v) is 17.0. The molecular weight excluding hydrogens is 386 g/mol. The first-order chi connectivity index (χ1) is 14.5. The third kappa shape index (κ3) is 4.33. The van der Waals surface area contributed by atoms with Crippen molar-refractivity contribution in [3.8, 4) is 5.82 Å². The molecule has 30 heavy (non-hydrogen) atoms. The van der Waals surface area contributed by atoms with Crippen LogP contribution in [0.4, 0.5) is 0 Å². The van der Waals surface area contributed by atoms with Gasteiger partial charge in [-0.05, 0) is 31.7 Å². The highest BCUT2D eigenvalue weighted by atomic mass is 16.5. The van der Waals surface area contributed by atoms with Crippen molar-refractivity contribution in [2.75, 3.05) is 20.7 Å². The third-order valence-corrected chi connectivity index (χ3v) is 5.35. The molecule has 0 bridgehead atoms. The number of pyridine rings is 1. The minimum atomic E-state index is -0.238. The van der Waals surface area contributed by atoms with Crippen molar-refractivity contribution in [2.24, 2.45) is 0 Å². The van der Waals surface area contributed by atoms with E-state index in [-0.39, 0.29) is 30.6 Å². The maximum atomic E-state index is 13.0. The van der Waals surface area contributed by atoms with Crippen LogP contribution in [0.2, 0.25) is 0 Å². The highest BCUT2D eigenvalue weighted by Crippen LogP contribution is 2.23. The van der Waals surface area contributed by atoms with Crippen molar-refractivity contribution in [2.45, 2.75) is 37.8 Å². The van der Waals surface area contributed by atoms with Crippen LogP contribution in [0.1, 0.15) is 36.2 Å². The molecule has 1 saturated carbocycles. The first-order valence-electron chi connectivity index (χ1n) is 9.96. The molecule has 3 heterocycles. The minimum Gasteiger partial charge on any atom is -0.368 e. The van der Waals surface area contributed by atoms with E-state index in [4.69, 9.17) is 4.74 Å². The fraction of sp³-hybridized carbons (Fsp3) is 0.450. The third-order valence-electron chi connectivity index (χ3n) is 5.35. The number of nitrogens with one attached hydrogen (secondary N) is 2. The number of carbonyl (C=O) groups is 2. The lowest BCUT2D eigenvalue weighted by atomic mass is 9.93. The van der Waals surface area contributed by atoms with Gasteiger partial charge in [0.1, 0.15) is 18.8 Å². The molecule has 4 rings (SSSR count). The predicted octanol–water partition coefficient (Wildman–Crippen LogP) is 1.29. The van der Waals surface area contributed by atoms with Crippen molar-refractivity contribution in [3.05, 3.63) is 36.7 Å². The van der Waals surface area contributed by atoms with Gasteiger partial charge in [-0.15, -0.1) is 0 Å². The van der Waals surface area contributed by atoms with Gasteiger partial charge in [0.05, 0.1) is 17.8 Å². The van der Waals surface area contributed by atoms with E-state index in [1.54, 1.807) is 43.6 Å². The van der Waals surface area contributed by atoms with Gasteiger partial charge < -0.3 is 15.0 Å². The van der Waals surface area contributed by atoms with Crippen LogP contribution in [0.25, 0.3) is 16.7 Å². The number of aromatic amines is 1. The highest BCUT2D eigenvalue weighted by Gasteiger charge is 2.25. The Morgan fingerprint density at radius 1 is 1.30 bits per heavy atom. The van der Waals surface area contributed by atoms with Crippen LogP contribution in [0.15, 0.2) is 31.0 Å². The number of aromatic nitrogens is 5. The molecule has 1 fully saturated rings. The van der Waals surface area contributed by atoms with E-state index >= 15 is 0 Å². The molecule has 0 saturated heterocycles. The largest absolute Gasteiger partial charge is 0.368 e. The Morgan fingerprint density at radius 2 is 2.10 bits per heavy atom. The number of fused-ring (bicyclic) bond motifs is 1. The summed E-state index contributed by atoms with van der Waals surface area (Å²) in [6, 6.07) is 1.90. The maximum Gasteiger partial charge on any atom is 0.272 e. The first kappa shape index (κ1) is 20.0. The van der Waals surface area contributed by atoms with Crippen molar-refractivity contribution in [1.82, 2.24) is 34.9 Å². The Balaban J connectivity index is 1.40. The molecule has 158 valence electrons. The molecule has 0 aromatic carbocycles. The number of H-pyrrole nitrogens is 1. The van der Waals surface area contributed by atoms with E-state index < -0.39 is 0 Å². The fourth-order valence-electron chi connectivity index (χ4n) is 3.57. The summed E-state index contributed by atoms with van der Waals surface area (Å²) >= 11 is 0. The van der Waals surface area contributed by atoms with Crippen LogP contribution in [0, 0.1) is 0 Å². The Labute approximate surface area is 173 Å². The monoisotopic (exact) mass is 411 g/mol. The number of nitrogens with zero attached hydrogens (tertiary/aromatic N) is 5. The summed E-state index contributed by atoms with van der Waals surface area (Å²) in [7, 11) is 3.43. The lowest BCUT2D eigenvalue weighted by Gasteiger charge is -2.29. The number of amides is 2. The Kier molecular flexibility index (Phi) is 5.75. The van der Waals surface area contributed by atoms with Gasteiger partial charge in [-0.2, -0.15) is 5.10 Å². The zero-order valence-electron chi connectivity index (χ0n) is 17.0. The second-order valence-corrected chi connectivity index (χ2v) is 7.68. The number of likely N-dealkylation sites (N-methyl/N-ethyl adjacent to an activating group) is 1. The standard InChI is InChI=1S/C20H25N7O3/c1-26(2)17(28)11-30-15-5-3-14(4-6-15)23-20(29)19-18-13(10-22-25-18)9-16(24-19)27-8-7-21-12-27/h7-10,12,14-15H,3-6,11H2,1-2H3,(H,22,25)(H,23,29)/t14-,15-. The van der Waals surface area contributed by atoms with Crippen LogP contribution in [0.3, 0.4) is 0 Å². The van der Waals surface area contributed by atoms with Gasteiger partial charge in [-0.3, -0.25) is 19.3 Å². The number of hydrogen-bond donors (Lipinski definition) is 2. The zero-order chi connectivity index (χ0) is 21.1. The molecule has 2 N–H and O–H groups in total. The van der Waals surface area contributed by atoms with E-state index in [1.807, 2.05) is 6.07 Å². The molecule has 10 nitrogen and oxygen atoms in total. The molecule has 0 aliphatic heterocycles.